The number of aliphatic hydroxyl groups excluding tert-OH is 2. The third kappa shape index (κ3) is 6.75. The molecule has 1 aliphatic carbocycles. The second-order valence-electron chi connectivity index (χ2n) is 12.9. The highest BCUT2D eigenvalue weighted by molar-refractivity contribution is 5.84. The highest BCUT2D eigenvalue weighted by Crippen LogP contribution is 2.35. The van der Waals surface area contributed by atoms with Crippen LogP contribution >= 0.6 is 0 Å². The van der Waals surface area contributed by atoms with Crippen LogP contribution in [0.15, 0.2) is 97.3 Å². The zero-order valence-corrected chi connectivity index (χ0v) is 26.8. The number of aliphatic hydroxyl groups is 2. The molecule has 0 bridgehead atoms. The molecule has 48 heavy (non-hydrogen) atoms. The summed E-state index contributed by atoms with van der Waals surface area (Å²) < 4.78 is 1.82. The van der Waals surface area contributed by atoms with Gasteiger partial charge in [-0.25, -0.2) is 4.98 Å². The van der Waals surface area contributed by atoms with Crippen molar-refractivity contribution in [3.8, 4) is 0 Å². The maximum absolute atomic E-state index is 12.9. The van der Waals surface area contributed by atoms with Crippen LogP contribution in [0.1, 0.15) is 47.9 Å². The third-order valence-corrected chi connectivity index (χ3v) is 9.63. The second-order valence-corrected chi connectivity index (χ2v) is 12.9. The van der Waals surface area contributed by atoms with Gasteiger partial charge in [0, 0.05) is 38.0 Å². The van der Waals surface area contributed by atoms with Gasteiger partial charge in [0.25, 0.3) is 0 Å². The number of nitrogens with two attached hydrogens (primary N) is 1. The van der Waals surface area contributed by atoms with Crippen molar-refractivity contribution in [3.63, 3.8) is 0 Å². The predicted octanol–water partition coefficient (Wildman–Crippen LogP) is 3.39. The quantitative estimate of drug-likeness (QED) is 0.145. The number of carbonyl (C=O) groups excluding carboxylic acids is 1. The topological polar surface area (TPSA) is 154 Å². The molecule has 2 fully saturated rings. The van der Waals surface area contributed by atoms with Crippen molar-refractivity contribution in [2.75, 3.05) is 29.9 Å². The molecule has 11 nitrogen and oxygen atoms in total. The van der Waals surface area contributed by atoms with Crippen LogP contribution in [-0.4, -0.2) is 79.6 Å². The van der Waals surface area contributed by atoms with E-state index in [1.165, 1.54) is 11.1 Å². The van der Waals surface area contributed by atoms with Crippen molar-refractivity contribution in [1.29, 1.82) is 0 Å². The average molecular weight is 647 g/mol. The van der Waals surface area contributed by atoms with Gasteiger partial charge in [0.2, 0.25) is 11.9 Å². The Morgan fingerprint density at radius 2 is 1.58 bits per heavy atom. The summed E-state index contributed by atoms with van der Waals surface area (Å²) in [6.45, 7) is 1.93. The van der Waals surface area contributed by atoms with Gasteiger partial charge in [0.05, 0.1) is 18.4 Å². The Labute approximate surface area is 279 Å². The molecule has 5 aromatic rings. The molecule has 0 radical (unpaired) electrons. The summed E-state index contributed by atoms with van der Waals surface area (Å²) in [6.07, 6.45) is 1.43. The lowest BCUT2D eigenvalue weighted by Gasteiger charge is -2.22. The number of rotatable bonds is 11. The minimum Gasteiger partial charge on any atom is -0.388 e. The summed E-state index contributed by atoms with van der Waals surface area (Å²) in [4.78, 5) is 29.6. The minimum absolute atomic E-state index is 0.0317. The van der Waals surface area contributed by atoms with Gasteiger partial charge in [0.15, 0.2) is 17.0 Å². The van der Waals surface area contributed by atoms with Crippen molar-refractivity contribution in [3.05, 3.63) is 114 Å². The summed E-state index contributed by atoms with van der Waals surface area (Å²) >= 11 is 0. The number of benzene rings is 3. The molecule has 2 aromatic heterocycles. The zero-order valence-electron chi connectivity index (χ0n) is 26.8. The number of imidazole rings is 1. The first-order valence-electron chi connectivity index (χ1n) is 16.7. The number of anilines is 2. The highest BCUT2D eigenvalue weighted by atomic mass is 16.3. The number of nitrogens with zero attached hydrogens (tertiary/aromatic N) is 5. The van der Waals surface area contributed by atoms with E-state index in [4.69, 9.17) is 20.7 Å². The van der Waals surface area contributed by atoms with Crippen molar-refractivity contribution in [1.82, 2.24) is 24.8 Å². The minimum atomic E-state index is -1.14. The van der Waals surface area contributed by atoms with Crippen molar-refractivity contribution < 1.29 is 15.0 Å². The van der Waals surface area contributed by atoms with E-state index in [-0.39, 0.29) is 17.9 Å². The van der Waals surface area contributed by atoms with Crippen LogP contribution in [0.4, 0.5) is 11.8 Å². The maximum Gasteiger partial charge on any atom is 0.229 e. The van der Waals surface area contributed by atoms with Crippen molar-refractivity contribution in [2.45, 2.75) is 61.9 Å². The van der Waals surface area contributed by atoms with Gasteiger partial charge < -0.3 is 36.0 Å². The van der Waals surface area contributed by atoms with E-state index in [0.29, 0.717) is 55.3 Å². The fourth-order valence-corrected chi connectivity index (χ4v) is 6.99. The summed E-state index contributed by atoms with van der Waals surface area (Å²) in [6, 6.07) is 29.4. The van der Waals surface area contributed by atoms with E-state index in [2.05, 4.69) is 39.8 Å². The first kappa shape index (κ1) is 31.7. The van der Waals surface area contributed by atoms with Gasteiger partial charge in [-0.1, -0.05) is 91.0 Å². The number of hydrogen-bond donors (Lipinski definition) is 5. The van der Waals surface area contributed by atoms with E-state index < -0.39 is 24.3 Å². The van der Waals surface area contributed by atoms with Gasteiger partial charge in [-0.3, -0.25) is 4.79 Å². The molecule has 7 rings (SSSR count). The van der Waals surface area contributed by atoms with Crippen LogP contribution in [0.2, 0.25) is 0 Å². The van der Waals surface area contributed by atoms with Gasteiger partial charge in [0.1, 0.15) is 12.2 Å². The Morgan fingerprint density at radius 3 is 2.23 bits per heavy atom. The van der Waals surface area contributed by atoms with Gasteiger partial charge in [-0.2, -0.15) is 9.97 Å². The average Bonchev–Trinajstić information content (AvgIpc) is 3.82. The number of aromatic nitrogens is 4. The number of aryl methyl sites for hydroxylation is 1. The normalized spacial score (nSPS) is 22.4. The summed E-state index contributed by atoms with van der Waals surface area (Å²) in [5, 5.41) is 28.8. The van der Waals surface area contributed by atoms with E-state index >= 15 is 0 Å². The molecule has 6 N–H and O–H groups in total. The van der Waals surface area contributed by atoms with Crippen LogP contribution in [0.3, 0.4) is 0 Å². The van der Waals surface area contributed by atoms with Gasteiger partial charge >= 0.3 is 0 Å². The van der Waals surface area contributed by atoms with Gasteiger partial charge in [-0.15, -0.1) is 0 Å². The molecule has 3 heterocycles. The maximum atomic E-state index is 12.9. The predicted molar refractivity (Wildman–Crippen MR) is 186 cm³/mol. The molecule has 5 atom stereocenters. The number of carbonyl (C=O) groups is 1. The molecule has 0 unspecified atom stereocenters. The number of fused-ring (bicyclic) bond motifs is 1. The van der Waals surface area contributed by atoms with Crippen molar-refractivity contribution in [2.24, 2.45) is 5.73 Å². The molecule has 1 aliphatic heterocycles. The highest BCUT2D eigenvalue weighted by Gasteiger charge is 2.44. The van der Waals surface area contributed by atoms with E-state index in [1.54, 1.807) is 6.33 Å². The van der Waals surface area contributed by atoms with E-state index in [0.717, 1.165) is 18.5 Å². The Kier molecular flexibility index (Phi) is 9.33. The SMILES string of the molecule is N[C@@H]1CCN(c2nc(NCC(c3ccccc3)c3ccccc3)c3ncn([C@@H]4C[C@H](NC(=O)CCc5ccccc5)[C@@H](O)[C@H]4O)c3n2)C1. The standard InChI is InChI=1S/C37H42N8O3/c38-27-18-19-44(22-27)37-42-35(39-21-28(25-12-6-2-7-13-25)26-14-8-3-9-15-26)32-36(43-37)45(23-40-32)30-20-29(33(47)34(30)48)41-31(46)17-16-24-10-4-1-5-11-24/h1-15,23,27-30,33-34,47-48H,16-22,38H2,(H,41,46)(H,39,42,43)/t27-,29+,30-,33-,34+/m1/s1. The number of nitrogens with one attached hydrogen (secondary N) is 2. The Morgan fingerprint density at radius 1 is 0.917 bits per heavy atom. The Bertz CT molecular complexity index is 1780. The first-order valence-corrected chi connectivity index (χ1v) is 16.7. The van der Waals surface area contributed by atoms with E-state index in [1.807, 2.05) is 71.3 Å². The molecule has 1 saturated heterocycles. The van der Waals surface area contributed by atoms with Crippen LogP contribution in [0.5, 0.6) is 0 Å². The Balaban J connectivity index is 1.16. The molecule has 248 valence electrons. The fourth-order valence-electron chi connectivity index (χ4n) is 6.99. The molecular formula is C37H42N8O3. The fraction of sp³-hybridized carbons (Fsp3) is 0.351. The molecule has 0 spiro atoms. The monoisotopic (exact) mass is 646 g/mol. The second kappa shape index (κ2) is 14.1. The zero-order chi connectivity index (χ0) is 33.0. The van der Waals surface area contributed by atoms with Crippen LogP contribution in [-0.2, 0) is 11.2 Å². The smallest absolute Gasteiger partial charge is 0.229 e. The number of hydrogen-bond acceptors (Lipinski definition) is 9. The lowest BCUT2D eigenvalue weighted by atomic mass is 9.91. The Hall–Kier alpha value is -4.84. The first-order chi connectivity index (χ1) is 23.4. The van der Waals surface area contributed by atoms with Crippen LogP contribution in [0, 0.1) is 0 Å². The van der Waals surface area contributed by atoms with Crippen LogP contribution in [0.25, 0.3) is 11.2 Å². The summed E-state index contributed by atoms with van der Waals surface area (Å²) in [5.41, 5.74) is 10.8. The lowest BCUT2D eigenvalue weighted by Crippen LogP contribution is -2.43. The molecule has 1 saturated carbocycles. The largest absolute Gasteiger partial charge is 0.388 e. The van der Waals surface area contributed by atoms with Crippen molar-refractivity contribution >= 4 is 28.8 Å². The molecular weight excluding hydrogens is 604 g/mol. The van der Waals surface area contributed by atoms with Crippen LogP contribution < -0.4 is 21.3 Å². The number of amides is 1. The third-order valence-electron chi connectivity index (χ3n) is 9.63. The molecule has 3 aromatic carbocycles. The van der Waals surface area contributed by atoms with Gasteiger partial charge in [-0.05, 0) is 36.0 Å². The lowest BCUT2D eigenvalue weighted by molar-refractivity contribution is -0.122. The van der Waals surface area contributed by atoms with E-state index in [9.17, 15) is 15.0 Å². The summed E-state index contributed by atoms with van der Waals surface area (Å²) in [7, 11) is 0. The molecule has 1 amide bonds. The summed E-state index contributed by atoms with van der Waals surface area (Å²) in [5.74, 6) is 1.01. The molecule has 11 heteroatoms. The molecule has 2 aliphatic rings.